The first-order chi connectivity index (χ1) is 8.97. The largest absolute Gasteiger partial charge is 0.352 e. The minimum Gasteiger partial charge on any atom is -0.352 e. The molecule has 2 aromatic rings. The molecule has 0 radical (unpaired) electrons. The molecule has 0 saturated heterocycles. The molecule has 1 aromatic carbocycles. The first-order valence-electron chi connectivity index (χ1n) is 6.63. The van der Waals surface area contributed by atoms with Crippen molar-refractivity contribution in [2.45, 2.75) is 27.7 Å². The van der Waals surface area contributed by atoms with Crippen molar-refractivity contribution in [2.24, 2.45) is 5.92 Å². The first-order valence-corrected chi connectivity index (χ1v) is 6.63. The number of hydrogen-bond acceptors (Lipinski definition) is 2. The number of pyridine rings is 1. The fourth-order valence-electron chi connectivity index (χ4n) is 2.01. The Morgan fingerprint density at radius 3 is 2.68 bits per heavy atom. The summed E-state index contributed by atoms with van der Waals surface area (Å²) >= 11 is 0. The van der Waals surface area contributed by atoms with Crippen molar-refractivity contribution < 1.29 is 4.79 Å². The van der Waals surface area contributed by atoms with E-state index in [0.29, 0.717) is 18.0 Å². The van der Waals surface area contributed by atoms with Crippen LogP contribution < -0.4 is 5.32 Å². The van der Waals surface area contributed by atoms with Crippen molar-refractivity contribution >= 4 is 16.8 Å². The second-order valence-corrected chi connectivity index (χ2v) is 5.42. The van der Waals surface area contributed by atoms with E-state index in [1.165, 1.54) is 5.56 Å². The third-order valence-electron chi connectivity index (χ3n) is 3.08. The monoisotopic (exact) mass is 256 g/mol. The minimum atomic E-state index is -0.0397. The van der Waals surface area contributed by atoms with E-state index in [0.717, 1.165) is 16.6 Å². The molecule has 3 nitrogen and oxygen atoms in total. The highest BCUT2D eigenvalue weighted by atomic mass is 16.1. The van der Waals surface area contributed by atoms with Gasteiger partial charge in [0.25, 0.3) is 5.91 Å². The smallest absolute Gasteiger partial charge is 0.253 e. The van der Waals surface area contributed by atoms with E-state index in [1.54, 1.807) is 0 Å². The molecule has 1 amide bonds. The zero-order valence-corrected chi connectivity index (χ0v) is 11.9. The maximum absolute atomic E-state index is 12.1. The summed E-state index contributed by atoms with van der Waals surface area (Å²) in [7, 11) is 0. The van der Waals surface area contributed by atoms with Crippen molar-refractivity contribution in [3.8, 4) is 0 Å². The Bertz CT molecular complexity index is 617. The van der Waals surface area contributed by atoms with Crippen molar-refractivity contribution in [1.82, 2.24) is 10.3 Å². The molecule has 0 saturated carbocycles. The van der Waals surface area contributed by atoms with Gasteiger partial charge in [0.15, 0.2) is 0 Å². The Hall–Kier alpha value is -1.90. The first kappa shape index (κ1) is 13.5. The lowest BCUT2D eigenvalue weighted by Crippen LogP contribution is -2.28. The topological polar surface area (TPSA) is 42.0 Å². The zero-order valence-electron chi connectivity index (χ0n) is 11.9. The normalized spacial score (nSPS) is 11.0. The predicted molar refractivity (Wildman–Crippen MR) is 78.4 cm³/mol. The lowest BCUT2D eigenvalue weighted by Gasteiger charge is -2.10. The highest BCUT2D eigenvalue weighted by molar-refractivity contribution is 5.98. The summed E-state index contributed by atoms with van der Waals surface area (Å²) in [5.74, 6) is 0.405. The van der Waals surface area contributed by atoms with Crippen LogP contribution in [0.2, 0.25) is 0 Å². The molecule has 0 aliphatic heterocycles. The molecule has 0 unspecified atom stereocenters. The molecule has 0 aliphatic rings. The number of hydrogen-bond donors (Lipinski definition) is 1. The van der Waals surface area contributed by atoms with Crippen LogP contribution in [0.5, 0.6) is 0 Å². The Balaban J connectivity index is 2.37. The highest BCUT2D eigenvalue weighted by Crippen LogP contribution is 2.18. The summed E-state index contributed by atoms with van der Waals surface area (Å²) in [6.45, 7) is 8.76. The van der Waals surface area contributed by atoms with Gasteiger partial charge in [-0.05, 0) is 38.0 Å². The van der Waals surface area contributed by atoms with E-state index in [9.17, 15) is 4.79 Å². The average Bonchev–Trinajstić information content (AvgIpc) is 2.35. The Kier molecular flexibility index (Phi) is 3.84. The van der Waals surface area contributed by atoms with E-state index >= 15 is 0 Å². The van der Waals surface area contributed by atoms with Crippen LogP contribution in [0.3, 0.4) is 0 Å². The number of carbonyl (C=O) groups excluding carboxylic acids is 1. The van der Waals surface area contributed by atoms with Crippen LogP contribution in [-0.2, 0) is 0 Å². The number of nitrogens with one attached hydrogen (secondary N) is 1. The summed E-state index contributed by atoms with van der Waals surface area (Å²) in [6.07, 6.45) is 0. The predicted octanol–water partition coefficient (Wildman–Crippen LogP) is 3.24. The summed E-state index contributed by atoms with van der Waals surface area (Å²) in [5, 5.41) is 3.95. The van der Waals surface area contributed by atoms with Crippen LogP contribution in [0.4, 0.5) is 0 Å². The fraction of sp³-hybridized carbons (Fsp3) is 0.375. The number of amides is 1. The van der Waals surface area contributed by atoms with Gasteiger partial charge in [0, 0.05) is 11.9 Å². The summed E-state index contributed by atoms with van der Waals surface area (Å²) in [5.41, 5.74) is 3.55. The van der Waals surface area contributed by atoms with Crippen LogP contribution in [0.1, 0.15) is 35.5 Å². The van der Waals surface area contributed by atoms with Crippen molar-refractivity contribution in [3.05, 3.63) is 41.1 Å². The number of carbonyl (C=O) groups is 1. The van der Waals surface area contributed by atoms with Gasteiger partial charge in [0.1, 0.15) is 0 Å². The summed E-state index contributed by atoms with van der Waals surface area (Å²) in [6, 6.07) is 8.02. The van der Waals surface area contributed by atoms with Crippen LogP contribution in [0.25, 0.3) is 10.9 Å². The number of aromatic nitrogens is 1. The molecule has 0 aliphatic carbocycles. The maximum Gasteiger partial charge on any atom is 0.253 e. The molecule has 0 bridgehead atoms. The van der Waals surface area contributed by atoms with Gasteiger partial charge in [-0.2, -0.15) is 0 Å². The van der Waals surface area contributed by atoms with Gasteiger partial charge in [-0.3, -0.25) is 9.78 Å². The second-order valence-electron chi connectivity index (χ2n) is 5.42. The van der Waals surface area contributed by atoms with Crippen molar-refractivity contribution in [2.75, 3.05) is 6.54 Å². The van der Waals surface area contributed by atoms with E-state index in [-0.39, 0.29) is 5.91 Å². The van der Waals surface area contributed by atoms with Crippen LogP contribution in [0.15, 0.2) is 24.3 Å². The van der Waals surface area contributed by atoms with E-state index < -0.39 is 0 Å². The lowest BCUT2D eigenvalue weighted by molar-refractivity contribution is 0.0948. The van der Waals surface area contributed by atoms with Crippen LogP contribution >= 0.6 is 0 Å². The molecular formula is C16H20N2O. The molecule has 0 atom stereocenters. The molecule has 100 valence electrons. The molecule has 1 heterocycles. The van der Waals surface area contributed by atoms with Gasteiger partial charge in [0.05, 0.1) is 16.8 Å². The summed E-state index contributed by atoms with van der Waals surface area (Å²) in [4.78, 5) is 16.7. The van der Waals surface area contributed by atoms with E-state index in [2.05, 4.69) is 30.2 Å². The fourth-order valence-corrected chi connectivity index (χ4v) is 2.01. The summed E-state index contributed by atoms with van der Waals surface area (Å²) < 4.78 is 0. The molecule has 1 aromatic heterocycles. The highest BCUT2D eigenvalue weighted by Gasteiger charge is 2.11. The van der Waals surface area contributed by atoms with Gasteiger partial charge >= 0.3 is 0 Å². The maximum atomic E-state index is 12.1. The van der Waals surface area contributed by atoms with Gasteiger partial charge in [-0.1, -0.05) is 25.5 Å². The van der Waals surface area contributed by atoms with Crippen molar-refractivity contribution in [3.63, 3.8) is 0 Å². The second kappa shape index (κ2) is 5.39. The third kappa shape index (κ3) is 3.11. The van der Waals surface area contributed by atoms with Gasteiger partial charge in [-0.15, -0.1) is 0 Å². The quantitative estimate of drug-likeness (QED) is 0.916. The average molecular weight is 256 g/mol. The Morgan fingerprint density at radius 1 is 1.26 bits per heavy atom. The minimum absolute atomic E-state index is 0.0397. The Labute approximate surface area is 114 Å². The molecular weight excluding hydrogens is 236 g/mol. The number of rotatable bonds is 3. The number of fused-ring (bicyclic) bond motifs is 1. The van der Waals surface area contributed by atoms with E-state index in [4.69, 9.17) is 0 Å². The van der Waals surface area contributed by atoms with Crippen LogP contribution in [-0.4, -0.2) is 17.4 Å². The third-order valence-corrected chi connectivity index (χ3v) is 3.08. The molecule has 2 rings (SSSR count). The number of benzene rings is 1. The van der Waals surface area contributed by atoms with Crippen molar-refractivity contribution in [1.29, 1.82) is 0 Å². The molecule has 0 fully saturated rings. The Morgan fingerprint density at radius 2 is 2.00 bits per heavy atom. The molecule has 0 spiro atoms. The SMILES string of the molecule is Cc1ccc2nc(C)c(C(=O)NCC(C)C)cc2c1. The standard InChI is InChI=1S/C16H20N2O/c1-10(2)9-17-16(19)14-8-13-7-11(3)5-6-15(13)18-12(14)4/h5-8,10H,9H2,1-4H3,(H,17,19). The molecule has 1 N–H and O–H groups in total. The van der Waals surface area contributed by atoms with Gasteiger partial charge < -0.3 is 5.32 Å². The number of nitrogens with zero attached hydrogens (tertiary/aromatic N) is 1. The molecule has 19 heavy (non-hydrogen) atoms. The van der Waals surface area contributed by atoms with Gasteiger partial charge in [0.2, 0.25) is 0 Å². The molecule has 3 heteroatoms. The number of aryl methyl sites for hydroxylation is 2. The zero-order chi connectivity index (χ0) is 14.0. The van der Waals surface area contributed by atoms with Gasteiger partial charge in [-0.25, -0.2) is 0 Å². The van der Waals surface area contributed by atoms with E-state index in [1.807, 2.05) is 32.0 Å². The van der Waals surface area contributed by atoms with Crippen LogP contribution in [0, 0.1) is 19.8 Å². The lowest BCUT2D eigenvalue weighted by atomic mass is 10.1.